The molecule has 0 fully saturated rings. The number of rotatable bonds is 3. The van der Waals surface area contributed by atoms with Gasteiger partial charge >= 0.3 is 5.97 Å². The first kappa shape index (κ1) is 20.5. The monoisotopic (exact) mass is 413 g/mol. The molecule has 0 saturated heterocycles. The summed E-state index contributed by atoms with van der Waals surface area (Å²) in [5.41, 5.74) is 4.14. The maximum atomic E-state index is 12.5. The van der Waals surface area contributed by atoms with Crippen LogP contribution < -0.4 is 0 Å². The van der Waals surface area contributed by atoms with Gasteiger partial charge in [-0.15, -0.1) is 0 Å². The Kier molecular flexibility index (Phi) is 5.15. The number of aromatic nitrogens is 2. The molecule has 3 aromatic rings. The zero-order valence-corrected chi connectivity index (χ0v) is 17.9. The molecule has 0 bridgehead atoms. The molecule has 0 N–H and O–H groups in total. The SMILES string of the molecule is CC(=O)n1cc(/C=C2/N=C(c3ccc(C(C)(C)C)cc3)OC2=O)c(-c2ccccc2)n1. The minimum atomic E-state index is -0.538. The summed E-state index contributed by atoms with van der Waals surface area (Å²) in [4.78, 5) is 28.7. The zero-order valence-electron chi connectivity index (χ0n) is 17.9. The van der Waals surface area contributed by atoms with Crippen LogP contribution >= 0.6 is 0 Å². The van der Waals surface area contributed by atoms with Gasteiger partial charge in [0.25, 0.3) is 0 Å². The standard InChI is InChI=1S/C25H23N3O3/c1-16(29)28-15-19(22(27-28)17-8-6-5-7-9-17)14-21-24(30)31-23(26-21)18-10-12-20(13-11-18)25(2,3)4/h5-15H,1-4H3/b21-14+. The molecular weight excluding hydrogens is 390 g/mol. The van der Waals surface area contributed by atoms with E-state index in [0.29, 0.717) is 11.3 Å². The first-order valence-electron chi connectivity index (χ1n) is 10.0. The van der Waals surface area contributed by atoms with E-state index < -0.39 is 5.97 Å². The van der Waals surface area contributed by atoms with Crippen molar-refractivity contribution in [2.24, 2.45) is 4.99 Å². The minimum absolute atomic E-state index is 0.0302. The number of aliphatic imine (C=N–C) groups is 1. The molecule has 156 valence electrons. The lowest BCUT2D eigenvalue weighted by atomic mass is 9.87. The van der Waals surface area contributed by atoms with Crippen LogP contribution in [-0.4, -0.2) is 27.6 Å². The van der Waals surface area contributed by atoms with Crippen LogP contribution in [0.4, 0.5) is 0 Å². The molecule has 0 amide bonds. The number of hydrogen-bond donors (Lipinski definition) is 0. The van der Waals surface area contributed by atoms with Gasteiger partial charge in [-0.1, -0.05) is 63.2 Å². The quantitative estimate of drug-likeness (QED) is 0.454. The summed E-state index contributed by atoms with van der Waals surface area (Å²) in [7, 11) is 0. The summed E-state index contributed by atoms with van der Waals surface area (Å²) in [6.45, 7) is 7.85. The molecule has 0 aliphatic carbocycles. The van der Waals surface area contributed by atoms with Gasteiger partial charge in [0.05, 0.1) is 0 Å². The van der Waals surface area contributed by atoms with Crippen molar-refractivity contribution in [2.75, 3.05) is 0 Å². The Morgan fingerprint density at radius 2 is 1.68 bits per heavy atom. The Morgan fingerprint density at radius 3 is 2.29 bits per heavy atom. The van der Waals surface area contributed by atoms with Crippen molar-refractivity contribution < 1.29 is 14.3 Å². The number of esters is 1. The molecular formula is C25H23N3O3. The Hall–Kier alpha value is -3.80. The maximum Gasteiger partial charge on any atom is 0.363 e. The second kappa shape index (κ2) is 7.80. The first-order valence-corrected chi connectivity index (χ1v) is 10.0. The third-order valence-electron chi connectivity index (χ3n) is 5.02. The van der Waals surface area contributed by atoms with Crippen LogP contribution in [0.5, 0.6) is 0 Å². The van der Waals surface area contributed by atoms with Crippen LogP contribution in [0.1, 0.15) is 49.2 Å². The number of nitrogens with zero attached hydrogens (tertiary/aromatic N) is 3. The molecule has 0 atom stereocenters. The zero-order chi connectivity index (χ0) is 22.2. The van der Waals surface area contributed by atoms with E-state index in [1.165, 1.54) is 17.2 Å². The molecule has 0 saturated carbocycles. The fourth-order valence-electron chi connectivity index (χ4n) is 3.27. The van der Waals surface area contributed by atoms with E-state index >= 15 is 0 Å². The lowest BCUT2D eigenvalue weighted by molar-refractivity contribution is -0.129. The highest BCUT2D eigenvalue weighted by atomic mass is 16.6. The molecule has 0 radical (unpaired) electrons. The van der Waals surface area contributed by atoms with Crippen molar-refractivity contribution in [2.45, 2.75) is 33.1 Å². The van der Waals surface area contributed by atoms with Crippen molar-refractivity contribution in [1.82, 2.24) is 9.78 Å². The van der Waals surface area contributed by atoms with Gasteiger partial charge in [0.15, 0.2) is 5.70 Å². The highest BCUT2D eigenvalue weighted by Gasteiger charge is 2.26. The molecule has 0 unspecified atom stereocenters. The van der Waals surface area contributed by atoms with E-state index in [2.05, 4.69) is 30.9 Å². The lowest BCUT2D eigenvalue weighted by Crippen LogP contribution is -2.11. The highest BCUT2D eigenvalue weighted by molar-refractivity contribution is 6.13. The number of carbonyl (C=O) groups excluding carboxylic acids is 2. The molecule has 6 nitrogen and oxygen atoms in total. The topological polar surface area (TPSA) is 73.6 Å². The van der Waals surface area contributed by atoms with Crippen LogP contribution in [0.25, 0.3) is 17.3 Å². The van der Waals surface area contributed by atoms with Gasteiger partial charge in [-0.25, -0.2) is 14.5 Å². The molecule has 1 aliphatic heterocycles. The predicted octanol–water partition coefficient (Wildman–Crippen LogP) is 4.85. The summed E-state index contributed by atoms with van der Waals surface area (Å²) in [5, 5.41) is 4.38. The average Bonchev–Trinajstić information content (AvgIpc) is 3.32. The molecule has 1 aliphatic rings. The molecule has 4 rings (SSSR count). The van der Waals surface area contributed by atoms with E-state index in [1.54, 1.807) is 12.3 Å². The second-order valence-corrected chi connectivity index (χ2v) is 8.43. The molecule has 2 heterocycles. The summed E-state index contributed by atoms with van der Waals surface area (Å²) < 4.78 is 6.66. The second-order valence-electron chi connectivity index (χ2n) is 8.43. The van der Waals surface area contributed by atoms with Gasteiger partial charge in [0, 0.05) is 29.8 Å². The van der Waals surface area contributed by atoms with E-state index in [0.717, 1.165) is 11.1 Å². The van der Waals surface area contributed by atoms with E-state index in [-0.39, 0.29) is 22.9 Å². The van der Waals surface area contributed by atoms with Crippen LogP contribution in [0.2, 0.25) is 0 Å². The number of carbonyl (C=O) groups is 2. The third kappa shape index (κ3) is 4.23. The number of ether oxygens (including phenoxy) is 1. The van der Waals surface area contributed by atoms with Gasteiger partial charge in [0.2, 0.25) is 11.8 Å². The summed E-state index contributed by atoms with van der Waals surface area (Å²) >= 11 is 0. The van der Waals surface area contributed by atoms with Gasteiger partial charge in [-0.3, -0.25) is 4.79 Å². The van der Waals surface area contributed by atoms with Gasteiger partial charge in [-0.05, 0) is 29.2 Å². The molecule has 31 heavy (non-hydrogen) atoms. The fraction of sp³-hybridized carbons (Fsp3) is 0.200. The van der Waals surface area contributed by atoms with Gasteiger partial charge < -0.3 is 4.74 Å². The number of cyclic esters (lactones) is 1. The summed E-state index contributed by atoms with van der Waals surface area (Å²) in [5.74, 6) is -0.500. The highest BCUT2D eigenvalue weighted by Crippen LogP contribution is 2.27. The van der Waals surface area contributed by atoms with Gasteiger partial charge in [-0.2, -0.15) is 5.10 Å². The predicted molar refractivity (Wildman–Crippen MR) is 120 cm³/mol. The van der Waals surface area contributed by atoms with E-state index in [4.69, 9.17) is 4.74 Å². The first-order chi connectivity index (χ1) is 14.7. The number of hydrogen-bond acceptors (Lipinski definition) is 5. The molecule has 1 aromatic heterocycles. The summed E-state index contributed by atoms with van der Waals surface area (Å²) in [6.07, 6.45) is 3.20. The minimum Gasteiger partial charge on any atom is -0.402 e. The number of benzene rings is 2. The van der Waals surface area contributed by atoms with E-state index in [1.807, 2.05) is 54.6 Å². The smallest absolute Gasteiger partial charge is 0.363 e. The summed E-state index contributed by atoms with van der Waals surface area (Å²) in [6, 6.07) is 17.3. The van der Waals surface area contributed by atoms with E-state index in [9.17, 15) is 9.59 Å². The Morgan fingerprint density at radius 1 is 1.00 bits per heavy atom. The fourth-order valence-corrected chi connectivity index (χ4v) is 3.27. The van der Waals surface area contributed by atoms with Crippen LogP contribution in [0.3, 0.4) is 0 Å². The van der Waals surface area contributed by atoms with Crippen molar-refractivity contribution in [3.8, 4) is 11.3 Å². The largest absolute Gasteiger partial charge is 0.402 e. The lowest BCUT2D eigenvalue weighted by Gasteiger charge is -2.18. The Bertz CT molecular complexity index is 1210. The average molecular weight is 413 g/mol. The maximum absolute atomic E-state index is 12.5. The van der Waals surface area contributed by atoms with Crippen molar-refractivity contribution in [3.05, 3.63) is 83.2 Å². The van der Waals surface area contributed by atoms with Crippen molar-refractivity contribution in [1.29, 1.82) is 0 Å². The Labute approximate surface area is 180 Å². The third-order valence-corrected chi connectivity index (χ3v) is 5.02. The van der Waals surface area contributed by atoms with Crippen LogP contribution in [0.15, 0.2) is 71.5 Å². The van der Waals surface area contributed by atoms with Crippen LogP contribution in [-0.2, 0) is 14.9 Å². The molecule has 2 aromatic carbocycles. The normalized spacial score (nSPS) is 15.2. The Balaban J connectivity index is 1.71. The van der Waals surface area contributed by atoms with Crippen molar-refractivity contribution >= 4 is 23.9 Å². The van der Waals surface area contributed by atoms with Crippen LogP contribution in [0, 0.1) is 0 Å². The van der Waals surface area contributed by atoms with Gasteiger partial charge in [0.1, 0.15) is 5.69 Å². The molecule has 0 spiro atoms. The molecule has 6 heteroatoms. The van der Waals surface area contributed by atoms with Crippen molar-refractivity contribution in [3.63, 3.8) is 0 Å².